The van der Waals surface area contributed by atoms with Crippen molar-refractivity contribution in [2.24, 2.45) is 0 Å². The van der Waals surface area contributed by atoms with Gasteiger partial charge in [-0.2, -0.15) is 0 Å². The fourth-order valence-electron chi connectivity index (χ4n) is 2.54. The van der Waals surface area contributed by atoms with Crippen LogP contribution in [0.25, 0.3) is 10.2 Å². The summed E-state index contributed by atoms with van der Waals surface area (Å²) in [4.78, 5) is 11.6. The maximum absolute atomic E-state index is 11.1. The van der Waals surface area contributed by atoms with Gasteiger partial charge in [-0.05, 0) is 31.7 Å². The van der Waals surface area contributed by atoms with E-state index in [-0.39, 0.29) is 0 Å². The monoisotopic (exact) mass is 295 g/mol. The van der Waals surface area contributed by atoms with Gasteiger partial charge in [0.15, 0.2) is 0 Å². The van der Waals surface area contributed by atoms with Crippen LogP contribution in [0.5, 0.6) is 0 Å². The van der Waals surface area contributed by atoms with E-state index in [0.29, 0.717) is 12.3 Å². The normalized spacial score (nSPS) is 15.7. The molecule has 0 unspecified atom stereocenters. The van der Waals surface area contributed by atoms with Gasteiger partial charge in [0, 0.05) is 34.2 Å². The highest BCUT2D eigenvalue weighted by Gasteiger charge is 2.21. The van der Waals surface area contributed by atoms with Gasteiger partial charge in [-0.3, -0.25) is 4.21 Å². The maximum Gasteiger partial charge on any atom is 0.138 e. The molecule has 0 spiro atoms. The molecule has 0 bridgehead atoms. The lowest BCUT2D eigenvalue weighted by Gasteiger charge is -2.08. The Morgan fingerprint density at radius 3 is 3.00 bits per heavy atom. The average Bonchev–Trinajstić information content (AvgIpc) is 2.87. The summed E-state index contributed by atoms with van der Waals surface area (Å²) in [6, 6.07) is 0. The van der Waals surface area contributed by atoms with E-state index in [1.165, 1.54) is 28.7 Å². The molecule has 2 heterocycles. The minimum Gasteiger partial charge on any atom is -0.368 e. The van der Waals surface area contributed by atoms with E-state index in [4.69, 9.17) is 0 Å². The van der Waals surface area contributed by atoms with Gasteiger partial charge >= 0.3 is 0 Å². The lowest BCUT2D eigenvalue weighted by molar-refractivity contribution is 0.687. The van der Waals surface area contributed by atoms with E-state index in [2.05, 4.69) is 15.3 Å². The minimum absolute atomic E-state index is 0.650. The lowest BCUT2D eigenvalue weighted by Crippen LogP contribution is -2.11. The molecule has 2 aromatic rings. The second-order valence-electron chi connectivity index (χ2n) is 4.86. The summed E-state index contributed by atoms with van der Waals surface area (Å²) in [5.74, 6) is 2.37. The third-order valence-electron chi connectivity index (χ3n) is 3.36. The summed E-state index contributed by atoms with van der Waals surface area (Å²) < 4.78 is 11.1. The van der Waals surface area contributed by atoms with E-state index < -0.39 is 10.8 Å². The Morgan fingerprint density at radius 1 is 1.37 bits per heavy atom. The second-order valence-corrected chi connectivity index (χ2v) is 7.50. The van der Waals surface area contributed by atoms with Crippen LogP contribution in [0.4, 0.5) is 5.82 Å². The Balaban J connectivity index is 1.99. The van der Waals surface area contributed by atoms with Crippen LogP contribution >= 0.6 is 11.3 Å². The molecular formula is C13H17N3OS2. The molecule has 3 rings (SSSR count). The molecule has 1 atom stereocenters. The van der Waals surface area contributed by atoms with Gasteiger partial charge < -0.3 is 5.32 Å². The molecule has 1 aliphatic rings. The highest BCUT2D eigenvalue weighted by molar-refractivity contribution is 7.84. The minimum atomic E-state index is -0.771. The number of nitrogens with one attached hydrogen (secondary N) is 1. The van der Waals surface area contributed by atoms with Gasteiger partial charge in [0.25, 0.3) is 0 Å². The van der Waals surface area contributed by atoms with E-state index in [0.717, 1.165) is 22.9 Å². The summed E-state index contributed by atoms with van der Waals surface area (Å²) in [5.41, 5.74) is 1.43. The molecule has 4 nitrogen and oxygen atoms in total. The summed E-state index contributed by atoms with van der Waals surface area (Å²) >= 11 is 1.80. The molecule has 6 heteroatoms. The number of hydrogen-bond donors (Lipinski definition) is 1. The Labute approximate surface area is 119 Å². The molecule has 0 radical (unpaired) electrons. The first-order valence-corrected chi connectivity index (χ1v) is 9.02. The molecule has 102 valence electrons. The topological polar surface area (TPSA) is 54.9 Å². The van der Waals surface area contributed by atoms with Crippen LogP contribution in [0.2, 0.25) is 0 Å². The SMILES string of the molecule is Cc1nc(NCC[S@](C)=O)c2c3c(sc2n1)CCC3. The Bertz CT molecular complexity index is 651. The fourth-order valence-corrected chi connectivity index (χ4v) is 4.24. The van der Waals surface area contributed by atoms with Gasteiger partial charge in [0.05, 0.1) is 5.39 Å². The molecule has 2 aromatic heterocycles. The highest BCUT2D eigenvalue weighted by Crippen LogP contribution is 2.39. The first kappa shape index (κ1) is 13.0. The first-order valence-electron chi connectivity index (χ1n) is 6.48. The summed E-state index contributed by atoms with van der Waals surface area (Å²) in [6.45, 7) is 2.62. The van der Waals surface area contributed by atoms with Gasteiger partial charge in [-0.15, -0.1) is 11.3 Å². The van der Waals surface area contributed by atoms with E-state index >= 15 is 0 Å². The number of thiophene rings is 1. The number of rotatable bonds is 4. The molecular weight excluding hydrogens is 278 g/mol. The molecule has 0 aromatic carbocycles. The largest absolute Gasteiger partial charge is 0.368 e. The quantitative estimate of drug-likeness (QED) is 0.940. The lowest BCUT2D eigenvalue weighted by atomic mass is 10.2. The summed E-state index contributed by atoms with van der Waals surface area (Å²) in [5, 5.41) is 4.54. The molecule has 1 N–H and O–H groups in total. The fraction of sp³-hybridized carbons (Fsp3) is 0.538. The van der Waals surface area contributed by atoms with Crippen molar-refractivity contribution >= 4 is 38.2 Å². The van der Waals surface area contributed by atoms with Crippen molar-refractivity contribution in [3.05, 3.63) is 16.3 Å². The van der Waals surface area contributed by atoms with Gasteiger partial charge in [0.2, 0.25) is 0 Å². The summed E-state index contributed by atoms with van der Waals surface area (Å²) in [7, 11) is -0.771. The molecule has 0 fully saturated rings. The standard InChI is InChI=1S/C13H17N3OS2/c1-8-15-12(14-6-7-19(2)17)11-9-4-3-5-10(9)18-13(11)16-8/h3-7H2,1-2H3,(H,14,15,16)/t19-/m0/s1. The molecule has 1 aliphatic carbocycles. The number of hydrogen-bond acceptors (Lipinski definition) is 5. The molecule has 0 amide bonds. The Kier molecular flexibility index (Phi) is 3.54. The van der Waals surface area contributed by atoms with Crippen molar-refractivity contribution in [2.45, 2.75) is 26.2 Å². The van der Waals surface area contributed by atoms with E-state index in [1.807, 2.05) is 6.92 Å². The predicted molar refractivity (Wildman–Crippen MR) is 81.6 cm³/mol. The Morgan fingerprint density at radius 2 is 2.21 bits per heavy atom. The van der Waals surface area contributed by atoms with Crippen LogP contribution in [0.15, 0.2) is 0 Å². The zero-order valence-electron chi connectivity index (χ0n) is 11.2. The smallest absolute Gasteiger partial charge is 0.138 e. The molecule has 0 saturated heterocycles. The maximum atomic E-state index is 11.1. The number of fused-ring (bicyclic) bond motifs is 3. The predicted octanol–water partition coefficient (Wildman–Crippen LogP) is 2.28. The highest BCUT2D eigenvalue weighted by atomic mass is 32.2. The van der Waals surface area contributed by atoms with Crippen molar-refractivity contribution in [3.63, 3.8) is 0 Å². The third-order valence-corrected chi connectivity index (χ3v) is 5.32. The van der Waals surface area contributed by atoms with Crippen molar-refractivity contribution in [1.82, 2.24) is 9.97 Å². The number of nitrogens with zero attached hydrogens (tertiary/aromatic N) is 2. The van der Waals surface area contributed by atoms with E-state index in [1.54, 1.807) is 17.6 Å². The van der Waals surface area contributed by atoms with Crippen LogP contribution in [0, 0.1) is 6.92 Å². The Hall–Kier alpha value is -1.01. The number of aromatic nitrogens is 2. The zero-order valence-corrected chi connectivity index (χ0v) is 12.8. The van der Waals surface area contributed by atoms with Crippen molar-refractivity contribution in [3.8, 4) is 0 Å². The molecule has 0 aliphatic heterocycles. The van der Waals surface area contributed by atoms with Crippen LogP contribution in [-0.2, 0) is 23.6 Å². The first-order chi connectivity index (χ1) is 9.15. The van der Waals surface area contributed by atoms with Crippen LogP contribution in [-0.4, -0.2) is 32.7 Å². The van der Waals surface area contributed by atoms with E-state index in [9.17, 15) is 4.21 Å². The molecule has 19 heavy (non-hydrogen) atoms. The van der Waals surface area contributed by atoms with Crippen LogP contribution in [0.3, 0.4) is 0 Å². The number of aryl methyl sites for hydroxylation is 3. The van der Waals surface area contributed by atoms with Crippen molar-refractivity contribution < 1.29 is 4.21 Å². The molecule has 0 saturated carbocycles. The number of anilines is 1. The van der Waals surface area contributed by atoms with Gasteiger partial charge in [0.1, 0.15) is 16.5 Å². The van der Waals surface area contributed by atoms with Gasteiger partial charge in [-0.1, -0.05) is 0 Å². The third kappa shape index (κ3) is 2.51. The van der Waals surface area contributed by atoms with Gasteiger partial charge in [-0.25, -0.2) is 9.97 Å². The average molecular weight is 295 g/mol. The van der Waals surface area contributed by atoms with Crippen LogP contribution < -0.4 is 5.32 Å². The zero-order chi connectivity index (χ0) is 13.4. The van der Waals surface area contributed by atoms with Crippen molar-refractivity contribution in [1.29, 1.82) is 0 Å². The summed E-state index contributed by atoms with van der Waals surface area (Å²) in [6.07, 6.45) is 5.28. The second kappa shape index (κ2) is 5.17. The van der Waals surface area contributed by atoms with Crippen LogP contribution in [0.1, 0.15) is 22.7 Å². The van der Waals surface area contributed by atoms with Crippen molar-refractivity contribution in [2.75, 3.05) is 23.9 Å².